The van der Waals surface area contributed by atoms with Gasteiger partial charge < -0.3 is 10.3 Å². The summed E-state index contributed by atoms with van der Waals surface area (Å²) in [6.07, 6.45) is 2.93. The van der Waals surface area contributed by atoms with E-state index in [1.807, 2.05) is 5.38 Å². The first-order chi connectivity index (χ1) is 10.1. The van der Waals surface area contributed by atoms with Crippen molar-refractivity contribution in [3.05, 3.63) is 55.5 Å². The normalized spacial score (nSPS) is 10.7. The minimum absolute atomic E-state index is 0.169. The second-order valence-electron chi connectivity index (χ2n) is 4.15. The van der Waals surface area contributed by atoms with E-state index < -0.39 is 10.5 Å². The molecule has 1 aromatic carbocycles. The summed E-state index contributed by atoms with van der Waals surface area (Å²) in [5.41, 5.74) is 0.124. The molecule has 0 saturated carbocycles. The number of anilines is 1. The van der Waals surface area contributed by atoms with Gasteiger partial charge in [0, 0.05) is 17.6 Å². The number of aromatic amines is 1. The van der Waals surface area contributed by atoms with Crippen molar-refractivity contribution in [2.45, 2.75) is 6.54 Å². The number of aromatic nitrogens is 3. The quantitative estimate of drug-likeness (QED) is 0.562. The lowest BCUT2D eigenvalue weighted by molar-refractivity contribution is -0.383. The summed E-state index contributed by atoms with van der Waals surface area (Å²) in [6.45, 7) is 0.368. The lowest BCUT2D eigenvalue weighted by Gasteiger charge is -2.06. The van der Waals surface area contributed by atoms with Crippen LogP contribution >= 0.6 is 11.3 Å². The Morgan fingerprint density at radius 3 is 2.95 bits per heavy atom. The summed E-state index contributed by atoms with van der Waals surface area (Å²) in [7, 11) is 0. The first-order valence-corrected chi connectivity index (χ1v) is 6.81. The highest BCUT2D eigenvalue weighted by Crippen LogP contribution is 2.28. The summed E-state index contributed by atoms with van der Waals surface area (Å²) in [5.74, 6) is 0. The third kappa shape index (κ3) is 2.58. The van der Waals surface area contributed by atoms with Gasteiger partial charge in [-0.15, -0.1) is 11.3 Å². The van der Waals surface area contributed by atoms with Gasteiger partial charge in [-0.1, -0.05) is 0 Å². The molecule has 2 aromatic heterocycles. The molecular formula is C12H9N5O3S. The van der Waals surface area contributed by atoms with Crippen molar-refractivity contribution in [2.75, 3.05) is 5.32 Å². The lowest BCUT2D eigenvalue weighted by atomic mass is 10.2. The van der Waals surface area contributed by atoms with E-state index in [-0.39, 0.29) is 11.1 Å². The highest BCUT2D eigenvalue weighted by molar-refractivity contribution is 7.09. The Bertz CT molecular complexity index is 859. The van der Waals surface area contributed by atoms with Gasteiger partial charge in [0.1, 0.15) is 10.7 Å². The number of nitrogens with one attached hydrogen (secondary N) is 2. The second kappa shape index (κ2) is 5.29. The summed E-state index contributed by atoms with van der Waals surface area (Å²) in [6, 6.07) is 2.72. The summed E-state index contributed by atoms with van der Waals surface area (Å²) in [5, 5.41) is 16.9. The van der Waals surface area contributed by atoms with E-state index in [1.54, 1.807) is 6.20 Å². The maximum Gasteiger partial charge on any atom is 0.293 e. The average Bonchev–Trinajstić information content (AvgIpc) is 2.97. The first kappa shape index (κ1) is 13.2. The predicted molar refractivity (Wildman–Crippen MR) is 78.5 cm³/mol. The van der Waals surface area contributed by atoms with Crippen molar-refractivity contribution < 1.29 is 4.92 Å². The third-order valence-electron chi connectivity index (χ3n) is 2.87. The van der Waals surface area contributed by atoms with Gasteiger partial charge in [0.15, 0.2) is 0 Å². The molecule has 0 unspecified atom stereocenters. The van der Waals surface area contributed by atoms with Crippen LogP contribution in [-0.4, -0.2) is 19.9 Å². The molecule has 0 bridgehead atoms. The van der Waals surface area contributed by atoms with Crippen molar-refractivity contribution in [1.29, 1.82) is 0 Å². The van der Waals surface area contributed by atoms with Crippen LogP contribution in [0.25, 0.3) is 10.9 Å². The van der Waals surface area contributed by atoms with E-state index in [0.29, 0.717) is 17.7 Å². The van der Waals surface area contributed by atoms with E-state index in [1.165, 1.54) is 29.8 Å². The number of thiazole rings is 1. The Morgan fingerprint density at radius 1 is 1.38 bits per heavy atom. The molecule has 0 atom stereocenters. The summed E-state index contributed by atoms with van der Waals surface area (Å²) < 4.78 is 0. The van der Waals surface area contributed by atoms with Crippen molar-refractivity contribution in [3.63, 3.8) is 0 Å². The van der Waals surface area contributed by atoms with Crippen LogP contribution in [0, 0.1) is 10.1 Å². The zero-order valence-corrected chi connectivity index (χ0v) is 11.4. The Labute approximate surface area is 121 Å². The molecule has 3 aromatic rings. The van der Waals surface area contributed by atoms with Crippen LogP contribution in [0.4, 0.5) is 11.4 Å². The van der Waals surface area contributed by atoms with Crippen LogP contribution in [0.5, 0.6) is 0 Å². The van der Waals surface area contributed by atoms with Crippen molar-refractivity contribution in [1.82, 2.24) is 15.0 Å². The first-order valence-electron chi connectivity index (χ1n) is 5.93. The summed E-state index contributed by atoms with van der Waals surface area (Å²) in [4.78, 5) is 32.8. The molecule has 0 saturated heterocycles. The summed E-state index contributed by atoms with van der Waals surface area (Å²) >= 11 is 1.45. The van der Waals surface area contributed by atoms with Crippen molar-refractivity contribution >= 4 is 33.6 Å². The average molecular weight is 303 g/mol. The fourth-order valence-electron chi connectivity index (χ4n) is 1.91. The van der Waals surface area contributed by atoms with Gasteiger partial charge in [-0.3, -0.25) is 14.9 Å². The highest BCUT2D eigenvalue weighted by atomic mass is 32.1. The molecule has 106 valence electrons. The third-order valence-corrected chi connectivity index (χ3v) is 3.65. The number of H-pyrrole nitrogens is 1. The van der Waals surface area contributed by atoms with Crippen LogP contribution in [0.3, 0.4) is 0 Å². The molecule has 0 aliphatic heterocycles. The van der Waals surface area contributed by atoms with Crippen LogP contribution in [0.15, 0.2) is 34.8 Å². The minimum atomic E-state index is -0.532. The van der Waals surface area contributed by atoms with Gasteiger partial charge in [0.25, 0.3) is 11.2 Å². The van der Waals surface area contributed by atoms with Crippen LogP contribution in [-0.2, 0) is 6.54 Å². The number of hydrogen-bond acceptors (Lipinski definition) is 7. The van der Waals surface area contributed by atoms with Crippen molar-refractivity contribution in [2.24, 2.45) is 0 Å². The fourth-order valence-corrected chi connectivity index (χ4v) is 2.46. The molecular weight excluding hydrogens is 294 g/mol. The zero-order valence-electron chi connectivity index (χ0n) is 10.6. The SMILES string of the molecule is O=c1[nH]cnc2cc(NCc3nccs3)c([N+](=O)[O-])cc12. The van der Waals surface area contributed by atoms with Gasteiger partial charge in [0.05, 0.1) is 28.7 Å². The Balaban J connectivity index is 2.05. The van der Waals surface area contributed by atoms with Crippen LogP contribution in [0.2, 0.25) is 0 Å². The van der Waals surface area contributed by atoms with Crippen LogP contribution in [0.1, 0.15) is 5.01 Å². The van der Waals surface area contributed by atoms with E-state index in [2.05, 4.69) is 20.3 Å². The Morgan fingerprint density at radius 2 is 2.24 bits per heavy atom. The Kier molecular flexibility index (Phi) is 3.32. The smallest absolute Gasteiger partial charge is 0.293 e. The van der Waals surface area contributed by atoms with E-state index in [0.717, 1.165) is 5.01 Å². The van der Waals surface area contributed by atoms with Gasteiger partial charge >= 0.3 is 0 Å². The number of benzene rings is 1. The molecule has 0 spiro atoms. The standard InChI is InChI=1S/C12H9N5O3S/c18-12-7-3-10(17(19)20)9(4-8(7)15-6-16-12)14-5-11-13-1-2-21-11/h1-4,6,14H,5H2,(H,15,16,18). The molecule has 2 N–H and O–H groups in total. The number of nitrogens with zero attached hydrogens (tertiary/aromatic N) is 3. The van der Waals surface area contributed by atoms with Gasteiger partial charge in [-0.2, -0.15) is 0 Å². The number of hydrogen-bond donors (Lipinski definition) is 2. The number of fused-ring (bicyclic) bond motifs is 1. The largest absolute Gasteiger partial charge is 0.373 e. The van der Waals surface area contributed by atoms with E-state index in [9.17, 15) is 14.9 Å². The minimum Gasteiger partial charge on any atom is -0.373 e. The monoisotopic (exact) mass is 303 g/mol. The fraction of sp³-hybridized carbons (Fsp3) is 0.0833. The van der Waals surface area contributed by atoms with Crippen LogP contribution < -0.4 is 10.9 Å². The highest BCUT2D eigenvalue weighted by Gasteiger charge is 2.17. The zero-order chi connectivity index (χ0) is 14.8. The van der Waals surface area contributed by atoms with E-state index >= 15 is 0 Å². The molecule has 0 aliphatic rings. The molecule has 9 heteroatoms. The molecule has 3 rings (SSSR count). The number of nitro benzene ring substituents is 1. The molecule has 8 nitrogen and oxygen atoms in total. The van der Waals surface area contributed by atoms with Gasteiger partial charge in [-0.25, -0.2) is 9.97 Å². The number of rotatable bonds is 4. The maximum atomic E-state index is 11.7. The molecule has 0 aliphatic carbocycles. The molecule has 0 fully saturated rings. The molecule has 21 heavy (non-hydrogen) atoms. The van der Waals surface area contributed by atoms with E-state index in [4.69, 9.17) is 0 Å². The molecule has 0 amide bonds. The topological polar surface area (TPSA) is 114 Å². The molecule has 0 radical (unpaired) electrons. The van der Waals surface area contributed by atoms with Gasteiger partial charge in [0.2, 0.25) is 0 Å². The lowest BCUT2D eigenvalue weighted by Crippen LogP contribution is -2.08. The van der Waals surface area contributed by atoms with Crippen molar-refractivity contribution in [3.8, 4) is 0 Å². The predicted octanol–water partition coefficient (Wildman–Crippen LogP) is 1.90. The number of nitro groups is 1. The Hall–Kier alpha value is -2.81. The second-order valence-corrected chi connectivity index (χ2v) is 5.13. The molecule has 2 heterocycles. The maximum absolute atomic E-state index is 11.7. The van der Waals surface area contributed by atoms with Gasteiger partial charge in [-0.05, 0) is 6.07 Å².